The monoisotopic (exact) mass is 376 g/mol. The van der Waals surface area contributed by atoms with Crippen molar-refractivity contribution in [3.8, 4) is 5.88 Å². The van der Waals surface area contributed by atoms with Gasteiger partial charge in [0.2, 0.25) is 5.88 Å². The van der Waals surface area contributed by atoms with Gasteiger partial charge >= 0.3 is 5.97 Å². The summed E-state index contributed by atoms with van der Waals surface area (Å²) in [7, 11) is 0. The van der Waals surface area contributed by atoms with Crippen LogP contribution in [0.5, 0.6) is 5.88 Å². The number of fused-ring (bicyclic) bond motifs is 1. The van der Waals surface area contributed by atoms with E-state index in [1.165, 1.54) is 6.20 Å². The van der Waals surface area contributed by atoms with Crippen LogP contribution in [0.4, 0.5) is 4.39 Å². The van der Waals surface area contributed by atoms with Gasteiger partial charge in [0.05, 0.1) is 11.9 Å². The van der Waals surface area contributed by atoms with Crippen LogP contribution in [0.3, 0.4) is 0 Å². The molecule has 0 saturated heterocycles. The van der Waals surface area contributed by atoms with E-state index < -0.39 is 5.60 Å². The second-order valence-electron chi connectivity index (χ2n) is 7.99. The highest BCUT2D eigenvalue weighted by Gasteiger charge is 2.38. The number of carbonyl (C=O) groups excluding carboxylic acids is 2. The van der Waals surface area contributed by atoms with Gasteiger partial charge in [-0.2, -0.15) is 0 Å². The molecule has 7 heteroatoms. The van der Waals surface area contributed by atoms with Crippen molar-refractivity contribution >= 4 is 11.9 Å². The Balaban J connectivity index is 1.51. The normalized spacial score (nSPS) is 17.1. The summed E-state index contributed by atoms with van der Waals surface area (Å²) in [6, 6.07) is 2.09. The van der Waals surface area contributed by atoms with Crippen LogP contribution in [0.2, 0.25) is 0 Å². The van der Waals surface area contributed by atoms with E-state index in [-0.39, 0.29) is 31.3 Å². The molecule has 0 atom stereocenters. The van der Waals surface area contributed by atoms with E-state index in [9.17, 15) is 14.0 Å². The van der Waals surface area contributed by atoms with Gasteiger partial charge in [0.1, 0.15) is 12.2 Å². The minimum Gasteiger partial charge on any atom is -0.473 e. The molecule has 3 rings (SSSR count). The lowest BCUT2D eigenvalue weighted by molar-refractivity contribution is -0.154. The minimum absolute atomic E-state index is 0.00856. The van der Waals surface area contributed by atoms with Gasteiger partial charge in [-0.15, -0.1) is 0 Å². The number of halogens is 1. The fraction of sp³-hybridized carbons (Fsp3) is 0.550. The Bertz CT molecular complexity index is 766. The average molecular weight is 376 g/mol. The van der Waals surface area contributed by atoms with E-state index in [0.29, 0.717) is 35.9 Å². The highest BCUT2D eigenvalue weighted by molar-refractivity contribution is 5.98. The lowest BCUT2D eigenvalue weighted by Gasteiger charge is -2.19. The van der Waals surface area contributed by atoms with Crippen LogP contribution < -0.4 is 4.74 Å². The number of esters is 1. The Kier molecular flexibility index (Phi) is 5.48. The summed E-state index contributed by atoms with van der Waals surface area (Å²) in [5, 5.41) is 0. The first-order chi connectivity index (χ1) is 12.8. The maximum atomic E-state index is 13.1. The van der Waals surface area contributed by atoms with Crippen molar-refractivity contribution in [2.75, 3.05) is 6.61 Å². The summed E-state index contributed by atoms with van der Waals surface area (Å²) in [6.45, 7) is 5.92. The Hall–Kier alpha value is -2.44. The molecule has 0 radical (unpaired) electrons. The molecule has 1 saturated carbocycles. The van der Waals surface area contributed by atoms with Gasteiger partial charge < -0.3 is 14.4 Å². The van der Waals surface area contributed by atoms with E-state index >= 15 is 0 Å². The second kappa shape index (κ2) is 7.66. The van der Waals surface area contributed by atoms with Crippen LogP contribution in [0.25, 0.3) is 0 Å². The summed E-state index contributed by atoms with van der Waals surface area (Å²) in [5.74, 6) is -0.0137. The van der Waals surface area contributed by atoms with E-state index in [2.05, 4.69) is 4.98 Å². The number of nitrogens with zero attached hydrogens (tertiary/aromatic N) is 2. The van der Waals surface area contributed by atoms with Crippen molar-refractivity contribution < 1.29 is 23.5 Å². The largest absolute Gasteiger partial charge is 0.473 e. The molecule has 27 heavy (non-hydrogen) atoms. The van der Waals surface area contributed by atoms with Crippen LogP contribution in [0.15, 0.2) is 24.2 Å². The zero-order chi connectivity index (χ0) is 19.6. The van der Waals surface area contributed by atoms with Crippen molar-refractivity contribution in [2.45, 2.75) is 64.6 Å². The number of carbonyl (C=O) groups is 2. The van der Waals surface area contributed by atoms with Crippen LogP contribution in [-0.2, 0) is 16.1 Å². The molecular weight excluding hydrogens is 351 g/mol. The maximum absolute atomic E-state index is 13.1. The molecule has 1 aliphatic carbocycles. The number of aromatic nitrogens is 1. The van der Waals surface area contributed by atoms with Gasteiger partial charge in [0.25, 0.3) is 5.91 Å². The zero-order valence-electron chi connectivity index (χ0n) is 16.0. The van der Waals surface area contributed by atoms with Crippen molar-refractivity contribution in [3.63, 3.8) is 0 Å². The molecule has 2 aliphatic rings. The lowest BCUT2D eigenvalue weighted by atomic mass is 10.1. The second-order valence-corrected chi connectivity index (χ2v) is 7.99. The van der Waals surface area contributed by atoms with Crippen molar-refractivity contribution in [1.29, 1.82) is 0 Å². The summed E-state index contributed by atoms with van der Waals surface area (Å²) < 4.78 is 23.9. The van der Waals surface area contributed by atoms with Gasteiger partial charge in [0.15, 0.2) is 0 Å². The molecule has 1 amide bonds. The molecule has 0 unspecified atom stereocenters. The number of ether oxygens (including phenoxy) is 2. The molecule has 1 aromatic heterocycles. The van der Waals surface area contributed by atoms with Gasteiger partial charge in [-0.1, -0.05) is 0 Å². The predicted octanol–water partition coefficient (Wildman–Crippen LogP) is 3.55. The van der Waals surface area contributed by atoms with Crippen molar-refractivity contribution in [1.82, 2.24) is 9.88 Å². The molecule has 0 bridgehead atoms. The molecule has 0 aromatic carbocycles. The quantitative estimate of drug-likeness (QED) is 0.681. The average Bonchev–Trinajstić information content (AvgIpc) is 3.38. The third-order valence-corrected chi connectivity index (χ3v) is 4.41. The number of pyridine rings is 1. The highest BCUT2D eigenvalue weighted by atomic mass is 19.1. The highest BCUT2D eigenvalue weighted by Crippen LogP contribution is 2.35. The standard InChI is InChI=1S/C20H25FN2O4/c1-20(2,3)27-18(24)7-4-13(9-21)12-26-17-8-14-11-23(15-5-6-15)19(25)16(14)10-22-17/h8-10,15H,4-7,11-12H2,1-3H3/b13-9+. The Morgan fingerprint density at radius 2 is 2.11 bits per heavy atom. The van der Waals surface area contributed by atoms with Crippen LogP contribution in [-0.4, -0.2) is 40.0 Å². The third kappa shape index (κ3) is 5.05. The minimum atomic E-state index is -0.562. The fourth-order valence-electron chi connectivity index (χ4n) is 2.95. The molecule has 6 nitrogen and oxygen atoms in total. The smallest absolute Gasteiger partial charge is 0.306 e. The number of amides is 1. The first-order valence-corrected chi connectivity index (χ1v) is 9.19. The van der Waals surface area contributed by atoms with Crippen LogP contribution in [0.1, 0.15) is 62.4 Å². The number of hydrogen-bond acceptors (Lipinski definition) is 5. The molecule has 0 spiro atoms. The van der Waals surface area contributed by atoms with Crippen molar-refractivity contribution in [3.05, 3.63) is 35.3 Å². The van der Waals surface area contributed by atoms with E-state index in [4.69, 9.17) is 9.47 Å². The topological polar surface area (TPSA) is 68.7 Å². The summed E-state index contributed by atoms with van der Waals surface area (Å²) in [4.78, 5) is 30.1. The number of rotatable bonds is 7. The van der Waals surface area contributed by atoms with Crippen LogP contribution >= 0.6 is 0 Å². The molecule has 1 aliphatic heterocycles. The predicted molar refractivity (Wildman–Crippen MR) is 96.9 cm³/mol. The van der Waals surface area contributed by atoms with E-state index in [0.717, 1.165) is 18.4 Å². The SMILES string of the molecule is CC(C)(C)OC(=O)CC/C(=C\F)COc1cc2c(cn1)C(=O)N(C1CC1)C2. The molecule has 2 heterocycles. The summed E-state index contributed by atoms with van der Waals surface area (Å²) >= 11 is 0. The third-order valence-electron chi connectivity index (χ3n) is 4.41. The van der Waals surface area contributed by atoms with E-state index in [1.807, 2.05) is 4.90 Å². The Morgan fingerprint density at radius 3 is 2.74 bits per heavy atom. The maximum Gasteiger partial charge on any atom is 0.306 e. The van der Waals surface area contributed by atoms with Gasteiger partial charge in [-0.05, 0) is 51.2 Å². The lowest BCUT2D eigenvalue weighted by Crippen LogP contribution is -2.25. The first-order valence-electron chi connectivity index (χ1n) is 9.19. The molecule has 146 valence electrons. The molecule has 1 fully saturated rings. The van der Waals surface area contributed by atoms with Gasteiger partial charge in [-0.25, -0.2) is 9.37 Å². The number of hydrogen-bond donors (Lipinski definition) is 0. The zero-order valence-corrected chi connectivity index (χ0v) is 16.0. The molecular formula is C20H25FN2O4. The Labute approximate surface area is 158 Å². The molecule has 1 aromatic rings. The van der Waals surface area contributed by atoms with Gasteiger partial charge in [-0.3, -0.25) is 9.59 Å². The summed E-state index contributed by atoms with van der Waals surface area (Å²) in [5.41, 5.74) is 1.28. The van der Waals surface area contributed by atoms with E-state index in [1.54, 1.807) is 26.8 Å². The first kappa shape index (κ1) is 19.3. The fourth-order valence-corrected chi connectivity index (χ4v) is 2.95. The summed E-state index contributed by atoms with van der Waals surface area (Å²) in [6.07, 6.45) is 4.38. The molecule has 0 N–H and O–H groups in total. The van der Waals surface area contributed by atoms with Gasteiger partial charge in [0, 0.05) is 31.3 Å². The Morgan fingerprint density at radius 1 is 1.37 bits per heavy atom. The van der Waals surface area contributed by atoms with Crippen molar-refractivity contribution in [2.24, 2.45) is 0 Å². The van der Waals surface area contributed by atoms with Crippen LogP contribution in [0, 0.1) is 0 Å².